The molecule has 1 aromatic carbocycles. The summed E-state index contributed by atoms with van der Waals surface area (Å²) in [6, 6.07) is 7.66. The summed E-state index contributed by atoms with van der Waals surface area (Å²) in [6.45, 7) is 0. The Morgan fingerprint density at radius 1 is 1.25 bits per heavy atom. The Balaban J connectivity index is 1.59. The zero-order valence-corrected chi connectivity index (χ0v) is 12.1. The first-order chi connectivity index (χ1) is 9.66. The molecule has 3 rings (SSSR count). The molecule has 0 bridgehead atoms. The summed E-state index contributed by atoms with van der Waals surface area (Å²) in [5.41, 5.74) is 1.07. The fourth-order valence-corrected chi connectivity index (χ4v) is 3.45. The number of hydrogen-bond donors (Lipinski definition) is 2. The Labute approximate surface area is 124 Å². The lowest BCUT2D eigenvalue weighted by atomic mass is 9.92. The predicted octanol–water partition coefficient (Wildman–Crippen LogP) is 2.86. The SMILES string of the molecule is O=C(NC1CCCCC1O)C1CC1c1ccccc1Cl. The first-order valence-electron chi connectivity index (χ1n) is 7.39. The molecule has 4 atom stereocenters. The quantitative estimate of drug-likeness (QED) is 0.900. The van der Waals surface area contributed by atoms with Crippen LogP contribution < -0.4 is 5.32 Å². The van der Waals surface area contributed by atoms with Gasteiger partial charge in [0.25, 0.3) is 0 Å². The van der Waals surface area contributed by atoms with Crippen LogP contribution in [-0.2, 0) is 4.79 Å². The average molecular weight is 294 g/mol. The van der Waals surface area contributed by atoms with Crippen molar-refractivity contribution >= 4 is 17.5 Å². The third-order valence-electron chi connectivity index (χ3n) is 4.49. The molecule has 1 amide bonds. The fourth-order valence-electron chi connectivity index (χ4n) is 3.17. The van der Waals surface area contributed by atoms with Crippen LogP contribution in [0.2, 0.25) is 5.02 Å². The Morgan fingerprint density at radius 3 is 2.75 bits per heavy atom. The number of hydrogen-bond acceptors (Lipinski definition) is 2. The summed E-state index contributed by atoms with van der Waals surface area (Å²) >= 11 is 6.17. The number of carbonyl (C=O) groups excluding carboxylic acids is 1. The van der Waals surface area contributed by atoms with Gasteiger partial charge >= 0.3 is 0 Å². The van der Waals surface area contributed by atoms with Crippen molar-refractivity contribution in [3.05, 3.63) is 34.9 Å². The first kappa shape index (κ1) is 13.9. The van der Waals surface area contributed by atoms with Crippen molar-refractivity contribution in [2.24, 2.45) is 5.92 Å². The van der Waals surface area contributed by atoms with E-state index in [1.807, 2.05) is 24.3 Å². The van der Waals surface area contributed by atoms with Gasteiger partial charge in [-0.3, -0.25) is 4.79 Å². The van der Waals surface area contributed by atoms with Gasteiger partial charge in [-0.1, -0.05) is 42.6 Å². The summed E-state index contributed by atoms with van der Waals surface area (Å²) in [6.07, 6.45) is 4.29. The number of carbonyl (C=O) groups is 1. The van der Waals surface area contributed by atoms with Crippen molar-refractivity contribution in [2.45, 2.75) is 50.2 Å². The second-order valence-corrected chi connectivity index (χ2v) is 6.34. The molecule has 4 heteroatoms. The highest BCUT2D eigenvalue weighted by Gasteiger charge is 2.45. The maximum Gasteiger partial charge on any atom is 0.224 e. The van der Waals surface area contributed by atoms with Gasteiger partial charge in [-0.15, -0.1) is 0 Å². The van der Waals surface area contributed by atoms with E-state index in [1.165, 1.54) is 0 Å². The summed E-state index contributed by atoms with van der Waals surface area (Å²) in [7, 11) is 0. The van der Waals surface area contributed by atoms with E-state index in [-0.39, 0.29) is 29.9 Å². The molecule has 0 heterocycles. The summed E-state index contributed by atoms with van der Waals surface area (Å²) < 4.78 is 0. The van der Waals surface area contributed by atoms with Gasteiger partial charge in [-0.05, 0) is 36.8 Å². The molecule has 108 valence electrons. The lowest BCUT2D eigenvalue weighted by molar-refractivity contribution is -0.124. The Morgan fingerprint density at radius 2 is 2.00 bits per heavy atom. The maximum absolute atomic E-state index is 12.2. The van der Waals surface area contributed by atoms with Crippen LogP contribution in [0.25, 0.3) is 0 Å². The van der Waals surface area contributed by atoms with Gasteiger partial charge in [-0.2, -0.15) is 0 Å². The van der Waals surface area contributed by atoms with Crippen molar-refractivity contribution in [1.29, 1.82) is 0 Å². The minimum atomic E-state index is -0.384. The summed E-state index contributed by atoms with van der Waals surface area (Å²) in [4.78, 5) is 12.2. The van der Waals surface area contributed by atoms with E-state index in [1.54, 1.807) is 0 Å². The van der Waals surface area contributed by atoms with Gasteiger partial charge in [0.05, 0.1) is 12.1 Å². The molecule has 0 spiro atoms. The summed E-state index contributed by atoms with van der Waals surface area (Å²) in [5, 5.41) is 13.7. The number of nitrogens with one attached hydrogen (secondary N) is 1. The van der Waals surface area contributed by atoms with Crippen molar-refractivity contribution in [3.63, 3.8) is 0 Å². The van der Waals surface area contributed by atoms with Crippen LogP contribution in [0.15, 0.2) is 24.3 Å². The van der Waals surface area contributed by atoms with Crippen LogP contribution >= 0.6 is 11.6 Å². The molecule has 4 unspecified atom stereocenters. The van der Waals surface area contributed by atoms with Crippen molar-refractivity contribution < 1.29 is 9.90 Å². The molecule has 0 radical (unpaired) electrons. The number of aliphatic hydroxyl groups excluding tert-OH is 1. The number of aliphatic hydroxyl groups is 1. The molecule has 2 aliphatic carbocycles. The van der Waals surface area contributed by atoms with E-state index in [2.05, 4.69) is 5.32 Å². The Bertz CT molecular complexity index is 505. The first-order valence-corrected chi connectivity index (χ1v) is 7.77. The van der Waals surface area contributed by atoms with E-state index in [9.17, 15) is 9.90 Å². The molecule has 0 aliphatic heterocycles. The highest BCUT2D eigenvalue weighted by molar-refractivity contribution is 6.31. The number of benzene rings is 1. The molecular weight excluding hydrogens is 274 g/mol. The monoisotopic (exact) mass is 293 g/mol. The standard InChI is InChI=1S/C16H20ClNO2/c17-13-6-2-1-5-10(13)11-9-12(11)16(20)18-14-7-3-4-8-15(14)19/h1-2,5-6,11-12,14-15,19H,3-4,7-9H2,(H,18,20). The molecule has 3 nitrogen and oxygen atoms in total. The van der Waals surface area contributed by atoms with Gasteiger partial charge in [-0.25, -0.2) is 0 Å². The Hall–Kier alpha value is -1.06. The van der Waals surface area contributed by atoms with Crippen LogP contribution in [-0.4, -0.2) is 23.2 Å². The van der Waals surface area contributed by atoms with E-state index in [4.69, 9.17) is 11.6 Å². The van der Waals surface area contributed by atoms with Crippen molar-refractivity contribution in [1.82, 2.24) is 5.32 Å². The normalized spacial score (nSPS) is 32.7. The third-order valence-corrected chi connectivity index (χ3v) is 4.83. The molecular formula is C16H20ClNO2. The molecule has 2 aliphatic rings. The van der Waals surface area contributed by atoms with Gasteiger partial charge in [0.15, 0.2) is 0 Å². The molecule has 0 saturated heterocycles. The van der Waals surface area contributed by atoms with Crippen molar-refractivity contribution in [3.8, 4) is 0 Å². The molecule has 20 heavy (non-hydrogen) atoms. The van der Waals surface area contributed by atoms with Gasteiger partial charge < -0.3 is 10.4 Å². The van der Waals surface area contributed by atoms with E-state index < -0.39 is 0 Å². The second kappa shape index (κ2) is 5.74. The minimum absolute atomic E-state index is 0.0176. The smallest absolute Gasteiger partial charge is 0.224 e. The van der Waals surface area contributed by atoms with E-state index in [0.717, 1.165) is 42.7 Å². The zero-order valence-electron chi connectivity index (χ0n) is 11.4. The van der Waals surface area contributed by atoms with Gasteiger partial charge in [0, 0.05) is 10.9 Å². The second-order valence-electron chi connectivity index (χ2n) is 5.94. The minimum Gasteiger partial charge on any atom is -0.391 e. The molecule has 2 N–H and O–H groups in total. The lowest BCUT2D eigenvalue weighted by Gasteiger charge is -2.28. The maximum atomic E-state index is 12.2. The molecule has 2 saturated carbocycles. The van der Waals surface area contributed by atoms with Gasteiger partial charge in [0.2, 0.25) is 5.91 Å². The van der Waals surface area contributed by atoms with Crippen LogP contribution in [0.4, 0.5) is 0 Å². The van der Waals surface area contributed by atoms with Gasteiger partial charge in [0.1, 0.15) is 0 Å². The predicted molar refractivity (Wildman–Crippen MR) is 78.7 cm³/mol. The van der Waals surface area contributed by atoms with E-state index in [0.29, 0.717) is 0 Å². The van der Waals surface area contributed by atoms with E-state index >= 15 is 0 Å². The topological polar surface area (TPSA) is 49.3 Å². The van der Waals surface area contributed by atoms with Crippen LogP contribution in [0, 0.1) is 5.92 Å². The third kappa shape index (κ3) is 2.84. The molecule has 1 aromatic rings. The zero-order chi connectivity index (χ0) is 14.1. The highest BCUT2D eigenvalue weighted by atomic mass is 35.5. The van der Waals surface area contributed by atoms with Crippen molar-refractivity contribution in [2.75, 3.05) is 0 Å². The summed E-state index contributed by atoms with van der Waals surface area (Å²) in [5.74, 6) is 0.328. The van der Waals surface area contributed by atoms with Crippen LogP contribution in [0.3, 0.4) is 0 Å². The van der Waals surface area contributed by atoms with Crippen LogP contribution in [0.5, 0.6) is 0 Å². The number of rotatable bonds is 3. The highest BCUT2D eigenvalue weighted by Crippen LogP contribution is 2.49. The number of halogens is 1. The Kier molecular flexibility index (Phi) is 3.99. The average Bonchev–Trinajstić information content (AvgIpc) is 3.22. The largest absolute Gasteiger partial charge is 0.391 e. The number of amides is 1. The fraction of sp³-hybridized carbons (Fsp3) is 0.562. The molecule has 2 fully saturated rings. The lowest BCUT2D eigenvalue weighted by Crippen LogP contribution is -2.45. The van der Waals surface area contributed by atoms with Crippen LogP contribution in [0.1, 0.15) is 43.6 Å². The molecule has 0 aromatic heterocycles.